The van der Waals surface area contributed by atoms with Gasteiger partial charge in [0, 0.05) is 13.5 Å². The SMILES string of the molecule is CCCC(C)CCSC1CC(=O)N(C)C1=O. The van der Waals surface area contributed by atoms with Crippen LogP contribution in [0, 0.1) is 5.92 Å². The Hall–Kier alpha value is -0.510. The molecule has 2 unspecified atom stereocenters. The minimum Gasteiger partial charge on any atom is -0.285 e. The Balaban J connectivity index is 2.24. The number of carbonyl (C=O) groups is 2. The summed E-state index contributed by atoms with van der Waals surface area (Å²) in [6.45, 7) is 4.44. The van der Waals surface area contributed by atoms with Crippen LogP contribution in [0.25, 0.3) is 0 Å². The quantitative estimate of drug-likeness (QED) is 0.672. The van der Waals surface area contributed by atoms with Crippen molar-refractivity contribution in [2.45, 2.75) is 44.8 Å². The first kappa shape index (κ1) is 13.6. The summed E-state index contributed by atoms with van der Waals surface area (Å²) in [6.07, 6.45) is 4.00. The summed E-state index contributed by atoms with van der Waals surface area (Å²) in [5, 5.41) is -0.119. The average Bonchev–Trinajstić information content (AvgIpc) is 2.47. The molecule has 0 radical (unpaired) electrons. The van der Waals surface area contributed by atoms with Gasteiger partial charge in [-0.1, -0.05) is 26.7 Å². The van der Waals surface area contributed by atoms with Crippen LogP contribution < -0.4 is 0 Å². The molecule has 0 aromatic heterocycles. The van der Waals surface area contributed by atoms with E-state index >= 15 is 0 Å². The average molecular weight is 243 g/mol. The largest absolute Gasteiger partial charge is 0.285 e. The van der Waals surface area contributed by atoms with E-state index < -0.39 is 0 Å². The third kappa shape index (κ3) is 3.51. The molecule has 1 heterocycles. The summed E-state index contributed by atoms with van der Waals surface area (Å²) in [5.41, 5.74) is 0. The highest BCUT2D eigenvalue weighted by molar-refractivity contribution is 8.00. The van der Waals surface area contributed by atoms with Crippen LogP contribution in [0.5, 0.6) is 0 Å². The molecule has 0 aromatic carbocycles. The van der Waals surface area contributed by atoms with Crippen molar-refractivity contribution < 1.29 is 9.59 Å². The Bertz CT molecular complexity index is 268. The lowest BCUT2D eigenvalue weighted by molar-refractivity contribution is -0.136. The van der Waals surface area contributed by atoms with Crippen LogP contribution in [0.4, 0.5) is 0 Å². The van der Waals surface area contributed by atoms with E-state index in [1.807, 2.05) is 0 Å². The predicted molar refractivity (Wildman–Crippen MR) is 67.3 cm³/mol. The van der Waals surface area contributed by atoms with Crippen molar-refractivity contribution in [3.63, 3.8) is 0 Å². The maximum absolute atomic E-state index is 11.6. The van der Waals surface area contributed by atoms with E-state index in [1.165, 1.54) is 17.7 Å². The number of rotatable bonds is 6. The van der Waals surface area contributed by atoms with Crippen molar-refractivity contribution in [3.8, 4) is 0 Å². The molecule has 1 aliphatic rings. The molecule has 0 saturated carbocycles. The highest BCUT2D eigenvalue weighted by atomic mass is 32.2. The third-order valence-electron chi connectivity index (χ3n) is 3.05. The standard InChI is InChI=1S/C12H21NO2S/c1-4-5-9(2)6-7-16-10-8-11(14)13(3)12(10)15/h9-10H,4-8H2,1-3H3. The number of likely N-dealkylation sites (tertiary alicyclic amines) is 1. The fraction of sp³-hybridized carbons (Fsp3) is 0.833. The lowest BCUT2D eigenvalue weighted by Crippen LogP contribution is -2.26. The van der Waals surface area contributed by atoms with E-state index in [-0.39, 0.29) is 17.1 Å². The van der Waals surface area contributed by atoms with Gasteiger partial charge in [0.1, 0.15) is 0 Å². The smallest absolute Gasteiger partial charge is 0.242 e. The highest BCUT2D eigenvalue weighted by Crippen LogP contribution is 2.26. The van der Waals surface area contributed by atoms with Gasteiger partial charge in [-0.15, -0.1) is 11.8 Å². The molecule has 0 spiro atoms. The molecule has 4 heteroatoms. The zero-order chi connectivity index (χ0) is 12.1. The van der Waals surface area contributed by atoms with Gasteiger partial charge in [-0.05, 0) is 18.1 Å². The van der Waals surface area contributed by atoms with Gasteiger partial charge in [-0.25, -0.2) is 0 Å². The van der Waals surface area contributed by atoms with Crippen molar-refractivity contribution in [3.05, 3.63) is 0 Å². The van der Waals surface area contributed by atoms with Gasteiger partial charge in [-0.2, -0.15) is 0 Å². The number of thioether (sulfide) groups is 1. The number of hydrogen-bond donors (Lipinski definition) is 0. The van der Waals surface area contributed by atoms with E-state index in [0.717, 1.165) is 18.1 Å². The Labute approximate surface area is 102 Å². The zero-order valence-electron chi connectivity index (χ0n) is 10.4. The Morgan fingerprint density at radius 1 is 1.44 bits per heavy atom. The van der Waals surface area contributed by atoms with Gasteiger partial charge < -0.3 is 0 Å². The Morgan fingerprint density at radius 3 is 2.62 bits per heavy atom. The van der Waals surface area contributed by atoms with Gasteiger partial charge >= 0.3 is 0 Å². The molecule has 0 N–H and O–H groups in total. The van der Waals surface area contributed by atoms with Crippen LogP contribution in [0.2, 0.25) is 0 Å². The fourth-order valence-corrected chi connectivity index (χ4v) is 3.28. The van der Waals surface area contributed by atoms with Crippen LogP contribution in [0.15, 0.2) is 0 Å². The molecule has 2 amide bonds. The van der Waals surface area contributed by atoms with Crippen LogP contribution in [0.1, 0.15) is 39.5 Å². The minimum absolute atomic E-state index is 0.0156. The van der Waals surface area contributed by atoms with Crippen LogP contribution in [-0.4, -0.2) is 34.8 Å². The van der Waals surface area contributed by atoms with Crippen molar-refractivity contribution in [2.75, 3.05) is 12.8 Å². The molecule has 1 rings (SSSR count). The summed E-state index contributed by atoms with van der Waals surface area (Å²) in [7, 11) is 1.57. The van der Waals surface area contributed by atoms with Crippen molar-refractivity contribution in [1.82, 2.24) is 4.90 Å². The topological polar surface area (TPSA) is 37.4 Å². The van der Waals surface area contributed by atoms with Crippen molar-refractivity contribution in [1.29, 1.82) is 0 Å². The van der Waals surface area contributed by atoms with Gasteiger partial charge in [0.2, 0.25) is 11.8 Å². The maximum Gasteiger partial charge on any atom is 0.242 e. The van der Waals surface area contributed by atoms with Crippen molar-refractivity contribution >= 4 is 23.6 Å². The van der Waals surface area contributed by atoms with Crippen LogP contribution in [-0.2, 0) is 9.59 Å². The Kier molecular flexibility index (Phi) is 5.32. The van der Waals surface area contributed by atoms with Gasteiger partial charge in [0.15, 0.2) is 0 Å². The molecular weight excluding hydrogens is 222 g/mol. The first-order valence-electron chi connectivity index (χ1n) is 5.98. The Morgan fingerprint density at radius 2 is 2.12 bits per heavy atom. The number of nitrogens with zero attached hydrogens (tertiary/aromatic N) is 1. The molecule has 92 valence electrons. The number of carbonyl (C=O) groups excluding carboxylic acids is 2. The second-order valence-electron chi connectivity index (χ2n) is 4.54. The lowest BCUT2D eigenvalue weighted by atomic mass is 10.0. The fourth-order valence-electron chi connectivity index (χ4n) is 1.90. The second-order valence-corrected chi connectivity index (χ2v) is 5.85. The summed E-state index contributed by atoms with van der Waals surface area (Å²) in [4.78, 5) is 24.1. The first-order chi connectivity index (χ1) is 7.56. The maximum atomic E-state index is 11.6. The molecule has 2 atom stereocenters. The minimum atomic E-state index is -0.119. The highest BCUT2D eigenvalue weighted by Gasteiger charge is 2.35. The van der Waals surface area contributed by atoms with E-state index in [0.29, 0.717) is 6.42 Å². The first-order valence-corrected chi connectivity index (χ1v) is 7.03. The zero-order valence-corrected chi connectivity index (χ0v) is 11.2. The molecule has 1 fully saturated rings. The normalized spacial score (nSPS) is 22.9. The van der Waals surface area contributed by atoms with E-state index in [2.05, 4.69) is 13.8 Å². The van der Waals surface area contributed by atoms with Gasteiger partial charge in [0.05, 0.1) is 5.25 Å². The molecule has 3 nitrogen and oxygen atoms in total. The second kappa shape index (κ2) is 6.28. The predicted octanol–water partition coefficient (Wildman–Crippen LogP) is 2.30. The number of hydrogen-bond acceptors (Lipinski definition) is 3. The lowest BCUT2D eigenvalue weighted by Gasteiger charge is -2.11. The summed E-state index contributed by atoms with van der Waals surface area (Å²) in [5.74, 6) is 1.66. The molecule has 0 bridgehead atoms. The van der Waals surface area contributed by atoms with Crippen molar-refractivity contribution in [2.24, 2.45) is 5.92 Å². The molecule has 0 aliphatic carbocycles. The molecule has 16 heavy (non-hydrogen) atoms. The number of amides is 2. The van der Waals surface area contributed by atoms with E-state index in [9.17, 15) is 9.59 Å². The van der Waals surface area contributed by atoms with Gasteiger partial charge in [-0.3, -0.25) is 14.5 Å². The summed E-state index contributed by atoms with van der Waals surface area (Å²) >= 11 is 1.64. The summed E-state index contributed by atoms with van der Waals surface area (Å²) < 4.78 is 0. The monoisotopic (exact) mass is 243 g/mol. The number of imide groups is 1. The summed E-state index contributed by atoms with van der Waals surface area (Å²) in [6, 6.07) is 0. The molecule has 0 aromatic rings. The molecular formula is C12H21NO2S. The molecule has 1 saturated heterocycles. The van der Waals surface area contributed by atoms with Crippen LogP contribution >= 0.6 is 11.8 Å². The van der Waals surface area contributed by atoms with E-state index in [4.69, 9.17) is 0 Å². The van der Waals surface area contributed by atoms with Gasteiger partial charge in [0.25, 0.3) is 0 Å². The van der Waals surface area contributed by atoms with E-state index in [1.54, 1.807) is 18.8 Å². The third-order valence-corrected chi connectivity index (χ3v) is 4.29. The molecule has 1 aliphatic heterocycles. The van der Waals surface area contributed by atoms with Crippen LogP contribution in [0.3, 0.4) is 0 Å².